The molecule has 2 aromatic rings. The number of para-hydroxylation sites is 1. The van der Waals surface area contributed by atoms with Crippen molar-refractivity contribution in [2.75, 3.05) is 0 Å². The first kappa shape index (κ1) is 13.2. The molecule has 1 heterocycles. The fourth-order valence-corrected chi connectivity index (χ4v) is 2.59. The van der Waals surface area contributed by atoms with Gasteiger partial charge in [0.2, 0.25) is 0 Å². The van der Waals surface area contributed by atoms with Crippen LogP contribution in [0.15, 0.2) is 65.3 Å². The van der Waals surface area contributed by atoms with Gasteiger partial charge < -0.3 is 4.74 Å². The summed E-state index contributed by atoms with van der Waals surface area (Å²) in [6.07, 6.45) is 1.99. The molecule has 0 radical (unpaired) electrons. The zero-order valence-corrected chi connectivity index (χ0v) is 12.6. The number of ether oxygens (including phenoxy) is 1. The van der Waals surface area contributed by atoms with Crippen molar-refractivity contribution in [3.05, 3.63) is 70.8 Å². The average Bonchev–Trinajstić information content (AvgIpc) is 2.81. The largest absolute Gasteiger partial charge is 0.457 e. The van der Waals surface area contributed by atoms with Crippen LogP contribution in [0.4, 0.5) is 0 Å². The monoisotopic (exact) mass is 331 g/mol. The summed E-state index contributed by atoms with van der Waals surface area (Å²) in [7, 11) is 0. The van der Waals surface area contributed by atoms with Gasteiger partial charge in [-0.15, -0.1) is 0 Å². The van der Waals surface area contributed by atoms with Crippen LogP contribution in [0.5, 0.6) is 11.5 Å². The molecule has 0 saturated heterocycles. The lowest BCUT2D eigenvalue weighted by Crippen LogP contribution is -2.22. The van der Waals surface area contributed by atoms with Gasteiger partial charge in [-0.05, 0) is 58.8 Å². The van der Waals surface area contributed by atoms with E-state index in [1.807, 2.05) is 67.6 Å². The van der Waals surface area contributed by atoms with E-state index in [1.54, 1.807) is 0 Å². The minimum Gasteiger partial charge on any atom is -0.457 e. The van der Waals surface area contributed by atoms with Crippen molar-refractivity contribution in [1.29, 1.82) is 0 Å². The van der Waals surface area contributed by atoms with E-state index in [9.17, 15) is 0 Å². The molecular weight excluding hydrogens is 318 g/mol. The maximum Gasteiger partial charge on any atom is 0.139 e. The molecule has 4 heteroatoms. The van der Waals surface area contributed by atoms with Crippen LogP contribution in [0.25, 0.3) is 0 Å². The Morgan fingerprint density at radius 3 is 2.25 bits per heavy atom. The predicted octanol–water partition coefficient (Wildman–Crippen LogP) is 4.47. The van der Waals surface area contributed by atoms with Crippen LogP contribution in [0, 0.1) is 0 Å². The molecule has 0 fully saturated rings. The second-order valence-corrected chi connectivity index (χ2v) is 5.60. The highest BCUT2D eigenvalue weighted by Crippen LogP contribution is 2.34. The summed E-state index contributed by atoms with van der Waals surface area (Å²) in [6, 6.07) is 17.6. The van der Waals surface area contributed by atoms with Gasteiger partial charge >= 0.3 is 0 Å². The minimum absolute atomic E-state index is 0.468. The first-order valence-electron chi connectivity index (χ1n) is 6.31. The van der Waals surface area contributed by atoms with E-state index in [1.165, 1.54) is 0 Å². The van der Waals surface area contributed by atoms with Gasteiger partial charge in [0, 0.05) is 0 Å². The summed E-state index contributed by atoms with van der Waals surface area (Å²) in [5, 5.41) is 0. The molecule has 0 saturated carbocycles. The van der Waals surface area contributed by atoms with Crippen molar-refractivity contribution in [2.24, 2.45) is 0 Å². The molecule has 0 spiro atoms. The highest BCUT2D eigenvalue weighted by molar-refractivity contribution is 9.11. The number of hydrogen-bond donors (Lipinski definition) is 1. The van der Waals surface area contributed by atoms with Gasteiger partial charge in [-0.1, -0.05) is 30.3 Å². The van der Waals surface area contributed by atoms with E-state index >= 15 is 0 Å². The molecule has 0 aliphatic carbocycles. The number of hydrogen-bond acceptors (Lipinski definition) is 3. The molecule has 0 aromatic heterocycles. The highest BCUT2D eigenvalue weighted by atomic mass is 79.9. The Labute approximate surface area is 126 Å². The van der Waals surface area contributed by atoms with Crippen molar-refractivity contribution in [3.63, 3.8) is 0 Å². The first-order chi connectivity index (χ1) is 9.66. The standard InChI is InChI=1S/C16H14BrNO2/c1-16(11-15(17)18-20-16)12-7-9-14(10-8-12)19-13-5-3-2-4-6-13/h2-11,18H,1H3. The van der Waals surface area contributed by atoms with Crippen LogP contribution in [-0.2, 0) is 10.4 Å². The Morgan fingerprint density at radius 1 is 1.00 bits per heavy atom. The SMILES string of the molecule is CC1(c2ccc(Oc3ccccc3)cc2)C=C(Br)NO1. The zero-order valence-electron chi connectivity index (χ0n) is 11.0. The lowest BCUT2D eigenvalue weighted by Gasteiger charge is -2.20. The molecule has 20 heavy (non-hydrogen) atoms. The van der Waals surface area contributed by atoms with Gasteiger partial charge in [-0.25, -0.2) is 0 Å². The number of rotatable bonds is 3. The third kappa shape index (κ3) is 2.71. The van der Waals surface area contributed by atoms with Gasteiger partial charge in [-0.2, -0.15) is 0 Å². The molecule has 1 atom stereocenters. The normalized spacial score (nSPS) is 21.2. The van der Waals surface area contributed by atoms with Crippen LogP contribution < -0.4 is 10.2 Å². The van der Waals surface area contributed by atoms with Crippen molar-refractivity contribution >= 4 is 15.9 Å². The van der Waals surface area contributed by atoms with Crippen LogP contribution in [-0.4, -0.2) is 0 Å². The Balaban J connectivity index is 1.78. The number of benzene rings is 2. The summed E-state index contributed by atoms with van der Waals surface area (Å²) in [5.74, 6) is 1.63. The molecule has 1 N–H and O–H groups in total. The highest BCUT2D eigenvalue weighted by Gasteiger charge is 2.31. The molecule has 1 unspecified atom stereocenters. The summed E-state index contributed by atoms with van der Waals surface area (Å²) >= 11 is 3.37. The maximum absolute atomic E-state index is 5.77. The van der Waals surface area contributed by atoms with E-state index in [0.29, 0.717) is 0 Å². The van der Waals surface area contributed by atoms with Gasteiger partial charge in [0.15, 0.2) is 0 Å². The molecular formula is C16H14BrNO2. The third-order valence-electron chi connectivity index (χ3n) is 3.17. The summed E-state index contributed by atoms with van der Waals surface area (Å²) in [5.41, 5.74) is 3.40. The van der Waals surface area contributed by atoms with Crippen LogP contribution >= 0.6 is 15.9 Å². The van der Waals surface area contributed by atoms with Gasteiger partial charge in [-0.3, -0.25) is 10.3 Å². The molecule has 0 amide bonds. The predicted molar refractivity (Wildman–Crippen MR) is 81.5 cm³/mol. The minimum atomic E-state index is -0.468. The molecule has 102 valence electrons. The van der Waals surface area contributed by atoms with Crippen LogP contribution in [0.1, 0.15) is 12.5 Å². The Kier molecular flexibility index (Phi) is 3.51. The van der Waals surface area contributed by atoms with E-state index in [4.69, 9.17) is 9.57 Å². The topological polar surface area (TPSA) is 30.5 Å². The second-order valence-electron chi connectivity index (χ2n) is 4.74. The van der Waals surface area contributed by atoms with Crippen LogP contribution in [0.2, 0.25) is 0 Å². The molecule has 1 aliphatic rings. The summed E-state index contributed by atoms with van der Waals surface area (Å²) in [6.45, 7) is 2.00. The molecule has 1 aliphatic heterocycles. The van der Waals surface area contributed by atoms with Gasteiger partial charge in [0.25, 0.3) is 0 Å². The van der Waals surface area contributed by atoms with Crippen molar-refractivity contribution in [3.8, 4) is 11.5 Å². The second kappa shape index (κ2) is 5.31. The fourth-order valence-electron chi connectivity index (χ4n) is 2.08. The molecule has 0 bridgehead atoms. The Bertz CT molecular complexity index is 625. The first-order valence-corrected chi connectivity index (χ1v) is 7.11. The number of halogens is 1. The van der Waals surface area contributed by atoms with E-state index < -0.39 is 5.60 Å². The van der Waals surface area contributed by atoms with Crippen molar-refractivity contribution < 1.29 is 9.57 Å². The lowest BCUT2D eigenvalue weighted by molar-refractivity contribution is -0.0288. The van der Waals surface area contributed by atoms with Gasteiger partial charge in [0.05, 0.1) is 0 Å². The Morgan fingerprint density at radius 2 is 1.65 bits per heavy atom. The summed E-state index contributed by atoms with van der Waals surface area (Å²) in [4.78, 5) is 5.57. The quantitative estimate of drug-likeness (QED) is 0.842. The van der Waals surface area contributed by atoms with E-state index in [-0.39, 0.29) is 0 Å². The maximum atomic E-state index is 5.77. The van der Waals surface area contributed by atoms with E-state index in [0.717, 1.165) is 21.7 Å². The fraction of sp³-hybridized carbons (Fsp3) is 0.125. The smallest absolute Gasteiger partial charge is 0.139 e. The zero-order chi connectivity index (χ0) is 14.0. The average molecular weight is 332 g/mol. The van der Waals surface area contributed by atoms with Crippen molar-refractivity contribution in [1.82, 2.24) is 5.48 Å². The summed E-state index contributed by atoms with van der Waals surface area (Å²) < 4.78 is 6.61. The third-order valence-corrected chi connectivity index (χ3v) is 3.56. The van der Waals surface area contributed by atoms with Crippen LogP contribution in [0.3, 0.4) is 0 Å². The molecule has 3 nitrogen and oxygen atoms in total. The molecule has 2 aromatic carbocycles. The Hall–Kier alpha value is -1.78. The van der Waals surface area contributed by atoms with E-state index in [2.05, 4.69) is 21.4 Å². The van der Waals surface area contributed by atoms with Crippen molar-refractivity contribution in [2.45, 2.75) is 12.5 Å². The van der Waals surface area contributed by atoms with Gasteiger partial charge in [0.1, 0.15) is 21.7 Å². The lowest BCUT2D eigenvalue weighted by atomic mass is 9.96. The number of nitrogens with one attached hydrogen (secondary N) is 1. The molecule has 3 rings (SSSR count). The number of hydroxylamine groups is 1.